The summed E-state index contributed by atoms with van der Waals surface area (Å²) in [6.45, 7) is 9.02. The number of halogens is 5. The lowest BCUT2D eigenvalue weighted by Gasteiger charge is -2.41. The van der Waals surface area contributed by atoms with Crippen molar-refractivity contribution < 1.29 is 27.1 Å². The number of carbonyl (C=O) groups is 1. The fourth-order valence-corrected chi connectivity index (χ4v) is 4.79. The zero-order chi connectivity index (χ0) is 29.0. The molecule has 0 bridgehead atoms. The summed E-state index contributed by atoms with van der Waals surface area (Å²) >= 11 is 5.90. The van der Waals surface area contributed by atoms with Crippen LogP contribution in [0.2, 0.25) is 5.02 Å². The van der Waals surface area contributed by atoms with E-state index in [0.717, 1.165) is 10.8 Å². The summed E-state index contributed by atoms with van der Waals surface area (Å²) in [5.74, 6) is -1.20. The fourth-order valence-electron chi connectivity index (χ4n) is 4.53. The molecule has 1 aromatic carbocycles. The second kappa shape index (κ2) is 9.85. The Morgan fingerprint density at radius 3 is 2.44 bits per heavy atom. The van der Waals surface area contributed by atoms with E-state index < -0.39 is 57.0 Å². The van der Waals surface area contributed by atoms with Crippen molar-refractivity contribution in [1.82, 2.24) is 19.5 Å². The van der Waals surface area contributed by atoms with Crippen LogP contribution < -0.4 is 16.2 Å². The highest BCUT2D eigenvalue weighted by Crippen LogP contribution is 2.42. The van der Waals surface area contributed by atoms with Gasteiger partial charge in [0.15, 0.2) is 11.6 Å². The van der Waals surface area contributed by atoms with Gasteiger partial charge in [0.1, 0.15) is 17.4 Å². The fraction of sp³-hybridized carbons (Fsp3) is 0.440. The molecule has 3 heterocycles. The zero-order valence-electron chi connectivity index (χ0n) is 21.9. The average Bonchev–Trinajstić information content (AvgIpc) is 2.82. The van der Waals surface area contributed by atoms with Gasteiger partial charge in [0.2, 0.25) is 0 Å². The van der Waals surface area contributed by atoms with Crippen molar-refractivity contribution >= 4 is 34.7 Å². The number of hydrogen-bond acceptors (Lipinski definition) is 7. The van der Waals surface area contributed by atoms with Crippen LogP contribution >= 0.6 is 11.6 Å². The number of aryl methyl sites for hydroxylation is 1. The maximum absolute atomic E-state index is 15.1. The molecule has 1 amide bonds. The molecule has 0 unspecified atom stereocenters. The molecule has 210 valence electrons. The molecule has 0 aliphatic carbocycles. The molecule has 14 heteroatoms. The number of amides is 1. The number of fused-ring (bicyclic) bond motifs is 1. The van der Waals surface area contributed by atoms with E-state index in [1.54, 1.807) is 32.6 Å². The van der Waals surface area contributed by atoms with Crippen molar-refractivity contribution in [3.05, 3.63) is 50.8 Å². The number of piperazine rings is 1. The lowest BCUT2D eigenvalue weighted by atomic mass is 9.96. The number of rotatable bonds is 2. The Kier molecular flexibility index (Phi) is 7.17. The van der Waals surface area contributed by atoms with Gasteiger partial charge in [-0.1, -0.05) is 11.6 Å². The van der Waals surface area contributed by atoms with Gasteiger partial charge in [-0.25, -0.2) is 14.2 Å². The smallest absolute Gasteiger partial charge is 0.417 e. The number of benzene rings is 1. The maximum atomic E-state index is 15.1. The van der Waals surface area contributed by atoms with Crippen LogP contribution in [0.3, 0.4) is 0 Å². The topological polar surface area (TPSA) is 106 Å². The first-order valence-corrected chi connectivity index (χ1v) is 12.4. The second-order valence-corrected chi connectivity index (χ2v) is 10.8. The monoisotopic (exact) mass is 570 g/mol. The van der Waals surface area contributed by atoms with Gasteiger partial charge in [-0.15, -0.1) is 0 Å². The summed E-state index contributed by atoms with van der Waals surface area (Å²) < 4.78 is 64.4. The molecular formula is C25H27ClF4N6O3. The highest BCUT2D eigenvalue weighted by Gasteiger charge is 2.39. The number of alkyl halides is 3. The quantitative estimate of drug-likeness (QED) is 0.345. The Balaban J connectivity index is 1.87. The predicted octanol–water partition coefficient (Wildman–Crippen LogP) is 4.90. The number of pyridine rings is 1. The van der Waals surface area contributed by atoms with E-state index in [4.69, 9.17) is 22.1 Å². The van der Waals surface area contributed by atoms with Gasteiger partial charge >= 0.3 is 12.3 Å². The van der Waals surface area contributed by atoms with Gasteiger partial charge in [0.05, 0.1) is 16.1 Å². The van der Waals surface area contributed by atoms with E-state index >= 15 is 4.39 Å². The van der Waals surface area contributed by atoms with Crippen molar-refractivity contribution in [2.75, 3.05) is 30.3 Å². The number of hydrogen-bond donors (Lipinski definition) is 1. The van der Waals surface area contributed by atoms with Crippen LogP contribution in [0.5, 0.6) is 0 Å². The van der Waals surface area contributed by atoms with Crippen molar-refractivity contribution in [1.29, 1.82) is 0 Å². The van der Waals surface area contributed by atoms with E-state index in [1.807, 2.05) is 0 Å². The third-order valence-electron chi connectivity index (χ3n) is 6.33. The molecule has 2 N–H and O–H groups in total. The van der Waals surface area contributed by atoms with Crippen LogP contribution in [-0.2, 0) is 10.9 Å². The van der Waals surface area contributed by atoms with Gasteiger partial charge in [0, 0.05) is 36.9 Å². The Bertz CT molecular complexity index is 1490. The van der Waals surface area contributed by atoms with E-state index in [2.05, 4.69) is 10.1 Å². The average molecular weight is 571 g/mol. The third-order valence-corrected chi connectivity index (χ3v) is 6.61. The molecular weight excluding hydrogens is 544 g/mol. The first-order chi connectivity index (χ1) is 18.0. The van der Waals surface area contributed by atoms with E-state index in [9.17, 15) is 22.8 Å². The minimum absolute atomic E-state index is 0.0474. The number of anilines is 2. The summed E-state index contributed by atoms with van der Waals surface area (Å²) in [6, 6.07) is 1.46. The molecule has 1 atom stereocenters. The first kappa shape index (κ1) is 28.4. The number of nitrogen functional groups attached to an aromatic ring is 1. The molecule has 39 heavy (non-hydrogen) atoms. The SMILES string of the molecule is Cc1cc(Cl)c(F)c(-c2c(C(F)(F)F)cc3c(N4CCN(C(=O)OC(C)(C)C)C[C@@H]4C)ncnn3c2=O)c1N. The van der Waals surface area contributed by atoms with Crippen LogP contribution in [0.25, 0.3) is 16.6 Å². The molecule has 1 aliphatic rings. The van der Waals surface area contributed by atoms with Crippen molar-refractivity contribution in [2.45, 2.75) is 52.4 Å². The van der Waals surface area contributed by atoms with Gasteiger partial charge in [-0.2, -0.15) is 22.8 Å². The number of nitrogens with zero attached hydrogens (tertiary/aromatic N) is 5. The highest BCUT2D eigenvalue weighted by molar-refractivity contribution is 6.31. The summed E-state index contributed by atoms with van der Waals surface area (Å²) in [7, 11) is 0. The van der Waals surface area contributed by atoms with E-state index in [1.165, 1.54) is 17.9 Å². The Labute approximate surface area is 226 Å². The Morgan fingerprint density at radius 1 is 1.18 bits per heavy atom. The van der Waals surface area contributed by atoms with Crippen LogP contribution in [0.15, 0.2) is 23.3 Å². The first-order valence-electron chi connectivity index (χ1n) is 12.0. The molecule has 1 saturated heterocycles. The summed E-state index contributed by atoms with van der Waals surface area (Å²) in [6.07, 6.45) is -4.55. The molecule has 3 aromatic rings. The highest BCUT2D eigenvalue weighted by atomic mass is 35.5. The number of aromatic nitrogens is 3. The van der Waals surface area contributed by atoms with Crippen LogP contribution in [-0.4, -0.2) is 56.9 Å². The van der Waals surface area contributed by atoms with Gasteiger partial charge in [0.25, 0.3) is 5.56 Å². The molecule has 4 rings (SSSR count). The lowest BCUT2D eigenvalue weighted by Crippen LogP contribution is -2.55. The molecule has 0 radical (unpaired) electrons. The second-order valence-electron chi connectivity index (χ2n) is 10.4. The molecule has 9 nitrogen and oxygen atoms in total. The van der Waals surface area contributed by atoms with E-state index in [0.29, 0.717) is 6.07 Å². The summed E-state index contributed by atoms with van der Waals surface area (Å²) in [5.41, 5.74) is 0.473. The number of ether oxygens (including phenoxy) is 1. The van der Waals surface area contributed by atoms with Crippen molar-refractivity contribution in [2.24, 2.45) is 0 Å². The lowest BCUT2D eigenvalue weighted by molar-refractivity contribution is -0.137. The Hall–Kier alpha value is -3.61. The van der Waals surface area contributed by atoms with E-state index in [-0.39, 0.29) is 42.2 Å². The Morgan fingerprint density at radius 2 is 1.85 bits per heavy atom. The number of nitrogens with two attached hydrogens (primary N) is 1. The molecule has 1 aliphatic heterocycles. The molecule has 0 saturated carbocycles. The van der Waals surface area contributed by atoms with Crippen LogP contribution in [0.4, 0.5) is 33.9 Å². The van der Waals surface area contributed by atoms with Crippen molar-refractivity contribution in [3.63, 3.8) is 0 Å². The minimum atomic E-state index is -5.06. The predicted molar refractivity (Wildman–Crippen MR) is 138 cm³/mol. The summed E-state index contributed by atoms with van der Waals surface area (Å²) in [4.78, 5) is 33.4. The van der Waals surface area contributed by atoms with Crippen molar-refractivity contribution in [3.8, 4) is 11.1 Å². The largest absolute Gasteiger partial charge is 0.444 e. The number of carbonyl (C=O) groups excluding carboxylic acids is 1. The van der Waals surface area contributed by atoms with Crippen LogP contribution in [0.1, 0.15) is 38.8 Å². The third kappa shape index (κ3) is 5.32. The van der Waals surface area contributed by atoms with Crippen LogP contribution in [0, 0.1) is 12.7 Å². The van der Waals surface area contributed by atoms with Gasteiger partial charge < -0.3 is 20.3 Å². The van der Waals surface area contributed by atoms with Gasteiger partial charge in [-0.3, -0.25) is 4.79 Å². The normalized spacial score (nSPS) is 16.6. The van der Waals surface area contributed by atoms with Gasteiger partial charge in [-0.05, 0) is 52.3 Å². The molecule has 2 aromatic heterocycles. The molecule has 1 fully saturated rings. The zero-order valence-corrected chi connectivity index (χ0v) is 22.6. The maximum Gasteiger partial charge on any atom is 0.417 e. The summed E-state index contributed by atoms with van der Waals surface area (Å²) in [5, 5.41) is 3.40. The standard InChI is InChI=1S/C25H27ClF4N6O3/c1-12-8-15(26)19(27)18(20(12)31)17-14(25(28,29)30)9-16-21(32-11-33-36(16)22(17)37)35-7-6-34(10-13(35)2)23(38)39-24(3,4)5/h8-9,11,13H,6-7,10,31H2,1-5H3/t13-/m0/s1. The minimum Gasteiger partial charge on any atom is -0.444 e. The molecule has 0 spiro atoms.